The molecule has 0 spiro atoms. The first kappa shape index (κ1) is 11.0. The summed E-state index contributed by atoms with van der Waals surface area (Å²) in [6, 6.07) is 0. The van der Waals surface area contributed by atoms with Crippen molar-refractivity contribution in [2.45, 2.75) is 6.43 Å². The van der Waals surface area contributed by atoms with Crippen LogP contribution in [0.3, 0.4) is 0 Å². The van der Waals surface area contributed by atoms with Crippen molar-refractivity contribution < 1.29 is 18.5 Å². The number of alkyl halides is 2. The molecule has 1 aromatic heterocycles. The van der Waals surface area contributed by atoms with Crippen molar-refractivity contribution in [1.29, 1.82) is 0 Å². The summed E-state index contributed by atoms with van der Waals surface area (Å²) >= 11 is 0. The van der Waals surface area contributed by atoms with Crippen LogP contribution in [0, 0.1) is 10.1 Å². The van der Waals surface area contributed by atoms with E-state index in [9.17, 15) is 28.5 Å². The number of nitro groups is 1. The fraction of sp³-hybridized carbons (Fsp3) is 0.143. The molecule has 1 aromatic rings. The lowest BCUT2D eigenvalue weighted by atomic mass is 10.2. The normalized spacial score (nSPS) is 10.3. The van der Waals surface area contributed by atoms with Gasteiger partial charge in [-0.2, -0.15) is 0 Å². The average Bonchev–Trinajstić information content (AvgIpc) is 2.16. The van der Waals surface area contributed by atoms with E-state index in [1.807, 2.05) is 4.98 Å². The van der Waals surface area contributed by atoms with Gasteiger partial charge in [0, 0.05) is 0 Å². The molecule has 0 aliphatic rings. The van der Waals surface area contributed by atoms with Crippen LogP contribution in [-0.2, 0) is 0 Å². The Morgan fingerprint density at radius 2 is 2.13 bits per heavy atom. The van der Waals surface area contributed by atoms with Gasteiger partial charge in [0.05, 0.1) is 22.4 Å². The molecule has 1 heterocycles. The lowest BCUT2D eigenvalue weighted by molar-refractivity contribution is -0.386. The zero-order valence-electron chi connectivity index (χ0n) is 7.07. The minimum absolute atomic E-state index is 0.132. The van der Waals surface area contributed by atoms with E-state index < -0.39 is 33.7 Å². The predicted octanol–water partition coefficient (Wildman–Crippen LogP) is 1.03. The molecule has 6 nitrogen and oxygen atoms in total. The molecule has 0 saturated carbocycles. The number of aromatic amines is 1. The van der Waals surface area contributed by atoms with E-state index >= 15 is 0 Å². The first-order valence-electron chi connectivity index (χ1n) is 3.62. The number of rotatable bonds is 3. The topological polar surface area (TPSA) is 93.1 Å². The number of carbonyl (C=O) groups excluding carboxylic acids is 1. The van der Waals surface area contributed by atoms with Gasteiger partial charge in [-0.05, 0) is 0 Å². The van der Waals surface area contributed by atoms with Crippen LogP contribution in [0.1, 0.15) is 22.5 Å². The third-order valence-electron chi connectivity index (χ3n) is 1.66. The molecule has 0 bridgehead atoms. The number of H-pyrrole nitrogens is 1. The Kier molecular flexibility index (Phi) is 2.88. The maximum atomic E-state index is 12.2. The van der Waals surface area contributed by atoms with Crippen molar-refractivity contribution in [3.63, 3.8) is 0 Å². The summed E-state index contributed by atoms with van der Waals surface area (Å²) in [6.45, 7) is 0. The summed E-state index contributed by atoms with van der Waals surface area (Å²) < 4.78 is 24.5. The molecule has 0 saturated heterocycles. The van der Waals surface area contributed by atoms with Gasteiger partial charge in [0.1, 0.15) is 0 Å². The second kappa shape index (κ2) is 3.95. The lowest BCUT2D eigenvalue weighted by Crippen LogP contribution is -2.17. The van der Waals surface area contributed by atoms with E-state index in [0.29, 0.717) is 6.20 Å². The molecule has 15 heavy (non-hydrogen) atoms. The number of carbonyl (C=O) groups is 1. The van der Waals surface area contributed by atoms with Gasteiger partial charge < -0.3 is 4.98 Å². The van der Waals surface area contributed by atoms with Crippen molar-refractivity contribution in [1.82, 2.24) is 4.98 Å². The molecule has 0 fully saturated rings. The van der Waals surface area contributed by atoms with Gasteiger partial charge in [-0.15, -0.1) is 0 Å². The second-order valence-electron chi connectivity index (χ2n) is 2.51. The first-order valence-corrected chi connectivity index (χ1v) is 3.62. The summed E-state index contributed by atoms with van der Waals surface area (Å²) in [4.78, 5) is 32.5. The molecule has 0 aromatic carbocycles. The molecule has 1 N–H and O–H groups in total. The zero-order valence-corrected chi connectivity index (χ0v) is 7.07. The van der Waals surface area contributed by atoms with E-state index in [0.717, 1.165) is 0 Å². The first-order chi connectivity index (χ1) is 6.99. The van der Waals surface area contributed by atoms with E-state index in [1.165, 1.54) is 0 Å². The van der Waals surface area contributed by atoms with Gasteiger partial charge in [-0.1, -0.05) is 0 Å². The van der Waals surface area contributed by atoms with Crippen molar-refractivity contribution >= 4 is 12.0 Å². The predicted molar refractivity (Wildman–Crippen MR) is 44.1 cm³/mol. The number of halogens is 2. The number of aromatic nitrogens is 1. The summed E-state index contributed by atoms with van der Waals surface area (Å²) in [6.07, 6.45) is -2.66. The number of hydrogen-bond acceptors (Lipinski definition) is 4. The standard InChI is InChI=1S/C7H4F2N2O4/c8-7(9)5-3(2-12)6(13)4(1-10-5)11(14)15/h1-2,7H,(H,10,13). The van der Waals surface area contributed by atoms with Gasteiger partial charge in [0.25, 0.3) is 11.9 Å². The van der Waals surface area contributed by atoms with Crippen LogP contribution in [0.15, 0.2) is 11.0 Å². The van der Waals surface area contributed by atoms with Crippen LogP contribution in [0.25, 0.3) is 0 Å². The number of hydrogen-bond donors (Lipinski definition) is 1. The molecule has 1 rings (SSSR count). The molecule has 0 radical (unpaired) electrons. The minimum atomic E-state index is -3.07. The highest BCUT2D eigenvalue weighted by atomic mass is 19.3. The quantitative estimate of drug-likeness (QED) is 0.465. The fourth-order valence-corrected chi connectivity index (χ4v) is 0.983. The Balaban J connectivity index is 3.53. The molecular weight excluding hydrogens is 214 g/mol. The average molecular weight is 218 g/mol. The van der Waals surface area contributed by atoms with Crippen LogP contribution < -0.4 is 5.43 Å². The molecule has 0 aliphatic heterocycles. The Morgan fingerprint density at radius 3 is 2.53 bits per heavy atom. The molecular formula is C7H4F2N2O4. The van der Waals surface area contributed by atoms with Gasteiger partial charge >= 0.3 is 5.69 Å². The van der Waals surface area contributed by atoms with Gasteiger partial charge in [-0.3, -0.25) is 19.7 Å². The highest BCUT2D eigenvalue weighted by Gasteiger charge is 2.22. The molecule has 0 atom stereocenters. The van der Waals surface area contributed by atoms with Gasteiger partial charge in [0.15, 0.2) is 6.29 Å². The number of nitrogens with zero attached hydrogens (tertiary/aromatic N) is 1. The minimum Gasteiger partial charge on any atom is -0.354 e. The van der Waals surface area contributed by atoms with Gasteiger partial charge in [0.2, 0.25) is 0 Å². The monoisotopic (exact) mass is 218 g/mol. The van der Waals surface area contributed by atoms with Crippen molar-refractivity contribution in [3.05, 3.63) is 37.8 Å². The lowest BCUT2D eigenvalue weighted by Gasteiger charge is -2.01. The summed E-state index contributed by atoms with van der Waals surface area (Å²) in [5.74, 6) is 0. The summed E-state index contributed by atoms with van der Waals surface area (Å²) in [5, 5.41) is 10.3. The van der Waals surface area contributed by atoms with Crippen LogP contribution in [0.4, 0.5) is 14.5 Å². The second-order valence-corrected chi connectivity index (χ2v) is 2.51. The Bertz CT molecular complexity index is 469. The van der Waals surface area contributed by atoms with Crippen molar-refractivity contribution in [2.24, 2.45) is 0 Å². The van der Waals surface area contributed by atoms with Crippen molar-refractivity contribution in [2.75, 3.05) is 0 Å². The third kappa shape index (κ3) is 1.87. The number of pyridine rings is 1. The molecule has 0 aliphatic carbocycles. The van der Waals surface area contributed by atoms with E-state index in [4.69, 9.17) is 0 Å². The van der Waals surface area contributed by atoms with Crippen LogP contribution >= 0.6 is 0 Å². The van der Waals surface area contributed by atoms with Crippen LogP contribution in [0.2, 0.25) is 0 Å². The van der Waals surface area contributed by atoms with Crippen LogP contribution in [-0.4, -0.2) is 16.2 Å². The third-order valence-corrected chi connectivity index (χ3v) is 1.66. The molecule has 8 heteroatoms. The Morgan fingerprint density at radius 1 is 1.53 bits per heavy atom. The summed E-state index contributed by atoms with van der Waals surface area (Å²) in [7, 11) is 0. The van der Waals surface area contributed by atoms with Crippen LogP contribution in [0.5, 0.6) is 0 Å². The smallest absolute Gasteiger partial charge is 0.332 e. The van der Waals surface area contributed by atoms with E-state index in [2.05, 4.69) is 0 Å². The molecule has 0 amide bonds. The highest BCUT2D eigenvalue weighted by Crippen LogP contribution is 2.18. The number of nitrogens with one attached hydrogen (secondary N) is 1. The van der Waals surface area contributed by atoms with E-state index in [-0.39, 0.29) is 6.29 Å². The highest BCUT2D eigenvalue weighted by molar-refractivity contribution is 5.77. The summed E-state index contributed by atoms with van der Waals surface area (Å²) in [5.41, 5.74) is -4.09. The zero-order chi connectivity index (χ0) is 11.6. The van der Waals surface area contributed by atoms with Gasteiger partial charge in [-0.25, -0.2) is 8.78 Å². The Labute approximate surface area is 80.7 Å². The molecule has 80 valence electrons. The maximum absolute atomic E-state index is 12.2. The SMILES string of the molecule is O=Cc1c(C(F)F)[nH]cc([N+](=O)[O-])c1=O. The molecule has 0 unspecified atom stereocenters. The number of aldehydes is 1. The largest absolute Gasteiger partial charge is 0.354 e. The fourth-order valence-electron chi connectivity index (χ4n) is 0.983. The van der Waals surface area contributed by atoms with E-state index in [1.54, 1.807) is 0 Å². The van der Waals surface area contributed by atoms with Crippen molar-refractivity contribution in [3.8, 4) is 0 Å². The Hall–Kier alpha value is -2.12. The maximum Gasteiger partial charge on any atom is 0.332 e.